The third-order valence-corrected chi connectivity index (χ3v) is 4.14. The maximum atomic E-state index is 8.82. The van der Waals surface area contributed by atoms with Gasteiger partial charge in [-0.25, -0.2) is 0 Å². The third-order valence-electron chi connectivity index (χ3n) is 3.40. The highest BCUT2D eigenvalue weighted by Crippen LogP contribution is 2.42. The van der Waals surface area contributed by atoms with E-state index in [1.807, 2.05) is 6.07 Å². The zero-order chi connectivity index (χ0) is 12.3. The largest absolute Gasteiger partial charge is 0.396 e. The fourth-order valence-corrected chi connectivity index (χ4v) is 3.02. The Bertz CT molecular complexity index is 397. The summed E-state index contributed by atoms with van der Waals surface area (Å²) in [6.07, 6.45) is 2.57. The molecule has 1 aliphatic carbocycles. The summed E-state index contributed by atoms with van der Waals surface area (Å²) in [5, 5.41) is 8.82. The van der Waals surface area contributed by atoms with Crippen LogP contribution in [0, 0.1) is 0 Å². The Morgan fingerprint density at radius 2 is 2.29 bits per heavy atom. The van der Waals surface area contributed by atoms with Crippen molar-refractivity contribution in [3.63, 3.8) is 0 Å². The van der Waals surface area contributed by atoms with E-state index >= 15 is 0 Å². The predicted octanol–water partition coefficient (Wildman–Crippen LogP) is 1.95. The van der Waals surface area contributed by atoms with Crippen LogP contribution in [-0.4, -0.2) is 24.9 Å². The molecule has 0 saturated carbocycles. The van der Waals surface area contributed by atoms with Gasteiger partial charge in [0.15, 0.2) is 0 Å². The first-order valence-corrected chi connectivity index (χ1v) is 6.75. The number of benzene rings is 1. The molecule has 1 aliphatic rings. The minimum atomic E-state index is -0.353. The van der Waals surface area contributed by atoms with Crippen molar-refractivity contribution < 1.29 is 9.84 Å². The van der Waals surface area contributed by atoms with Gasteiger partial charge in [-0.1, -0.05) is 28.1 Å². The molecule has 0 aliphatic heterocycles. The van der Waals surface area contributed by atoms with Crippen LogP contribution in [0.2, 0.25) is 0 Å². The molecule has 3 nitrogen and oxygen atoms in total. The van der Waals surface area contributed by atoms with Crippen LogP contribution in [0.3, 0.4) is 0 Å². The SMILES string of the molecule is NCC1(OCCCO)CCc2c(Br)cccc21. The molecule has 0 amide bonds. The van der Waals surface area contributed by atoms with Crippen LogP contribution < -0.4 is 5.73 Å². The standard InChI is InChI=1S/C13H18BrNO2/c14-12-4-1-3-11-10(12)5-6-13(11,9-15)17-8-2-7-16/h1,3-4,16H,2,5-9,15H2. The van der Waals surface area contributed by atoms with Crippen LogP contribution >= 0.6 is 15.9 Å². The summed E-state index contributed by atoms with van der Waals surface area (Å²) >= 11 is 3.57. The molecule has 94 valence electrons. The number of rotatable bonds is 5. The summed E-state index contributed by atoms with van der Waals surface area (Å²) in [5.41, 5.74) is 8.07. The van der Waals surface area contributed by atoms with Crippen molar-refractivity contribution in [1.82, 2.24) is 0 Å². The first-order valence-electron chi connectivity index (χ1n) is 5.96. The van der Waals surface area contributed by atoms with Gasteiger partial charge in [-0.05, 0) is 36.5 Å². The van der Waals surface area contributed by atoms with Gasteiger partial charge in [0, 0.05) is 17.6 Å². The van der Waals surface area contributed by atoms with Gasteiger partial charge >= 0.3 is 0 Å². The number of hydrogen-bond acceptors (Lipinski definition) is 3. The molecular formula is C13H18BrNO2. The molecule has 1 atom stereocenters. The minimum Gasteiger partial charge on any atom is -0.396 e. The Morgan fingerprint density at radius 3 is 3.00 bits per heavy atom. The number of ether oxygens (including phenoxy) is 1. The van der Waals surface area contributed by atoms with E-state index < -0.39 is 0 Å². The Balaban J connectivity index is 2.24. The van der Waals surface area contributed by atoms with Gasteiger partial charge in [0.2, 0.25) is 0 Å². The monoisotopic (exact) mass is 299 g/mol. The molecule has 0 radical (unpaired) electrons. The van der Waals surface area contributed by atoms with Crippen molar-refractivity contribution in [2.45, 2.75) is 24.9 Å². The number of halogens is 1. The van der Waals surface area contributed by atoms with Crippen molar-refractivity contribution in [3.8, 4) is 0 Å². The van der Waals surface area contributed by atoms with Crippen molar-refractivity contribution in [3.05, 3.63) is 33.8 Å². The Morgan fingerprint density at radius 1 is 1.47 bits per heavy atom. The molecule has 1 unspecified atom stereocenters. The zero-order valence-electron chi connectivity index (χ0n) is 9.79. The Hall–Kier alpha value is -0.420. The van der Waals surface area contributed by atoms with Crippen LogP contribution in [0.25, 0.3) is 0 Å². The molecule has 0 fully saturated rings. The predicted molar refractivity (Wildman–Crippen MR) is 70.9 cm³/mol. The summed E-state index contributed by atoms with van der Waals surface area (Å²) in [6, 6.07) is 6.17. The summed E-state index contributed by atoms with van der Waals surface area (Å²) in [5.74, 6) is 0. The van der Waals surface area contributed by atoms with Gasteiger partial charge < -0.3 is 15.6 Å². The summed E-state index contributed by atoms with van der Waals surface area (Å²) in [6.45, 7) is 1.20. The highest BCUT2D eigenvalue weighted by molar-refractivity contribution is 9.10. The van der Waals surface area contributed by atoms with Crippen LogP contribution in [0.15, 0.2) is 22.7 Å². The highest BCUT2D eigenvalue weighted by atomic mass is 79.9. The van der Waals surface area contributed by atoms with Gasteiger partial charge in [0.05, 0.1) is 6.61 Å². The maximum absolute atomic E-state index is 8.82. The topological polar surface area (TPSA) is 55.5 Å². The highest BCUT2D eigenvalue weighted by Gasteiger charge is 2.39. The number of hydrogen-bond donors (Lipinski definition) is 2. The van der Waals surface area contributed by atoms with E-state index in [0.29, 0.717) is 19.6 Å². The summed E-state index contributed by atoms with van der Waals surface area (Å²) in [4.78, 5) is 0. The molecule has 2 rings (SSSR count). The normalized spacial score (nSPS) is 22.8. The van der Waals surface area contributed by atoms with Gasteiger partial charge in [0.25, 0.3) is 0 Å². The molecule has 1 aromatic rings. The van der Waals surface area contributed by atoms with Crippen LogP contribution in [0.1, 0.15) is 24.0 Å². The lowest BCUT2D eigenvalue weighted by molar-refractivity contribution is -0.0467. The molecular weight excluding hydrogens is 282 g/mol. The number of aliphatic hydroxyl groups excluding tert-OH is 1. The Kier molecular flexibility index (Phi) is 4.20. The number of nitrogens with two attached hydrogens (primary N) is 1. The van der Waals surface area contributed by atoms with E-state index in [2.05, 4.69) is 28.1 Å². The first kappa shape index (κ1) is 13.0. The van der Waals surface area contributed by atoms with E-state index in [4.69, 9.17) is 15.6 Å². The molecule has 17 heavy (non-hydrogen) atoms. The van der Waals surface area contributed by atoms with E-state index in [9.17, 15) is 0 Å². The first-order chi connectivity index (χ1) is 8.23. The average Bonchev–Trinajstić information content (AvgIpc) is 2.71. The van der Waals surface area contributed by atoms with Gasteiger partial charge in [-0.2, -0.15) is 0 Å². The van der Waals surface area contributed by atoms with Crippen molar-refractivity contribution in [2.24, 2.45) is 5.73 Å². The number of fused-ring (bicyclic) bond motifs is 1. The quantitative estimate of drug-likeness (QED) is 0.817. The fourth-order valence-electron chi connectivity index (χ4n) is 2.45. The van der Waals surface area contributed by atoms with Gasteiger partial charge in [-0.3, -0.25) is 0 Å². The van der Waals surface area contributed by atoms with E-state index in [-0.39, 0.29) is 12.2 Å². The number of aliphatic hydroxyl groups is 1. The van der Waals surface area contributed by atoms with Crippen molar-refractivity contribution >= 4 is 15.9 Å². The van der Waals surface area contributed by atoms with Crippen molar-refractivity contribution in [2.75, 3.05) is 19.8 Å². The maximum Gasteiger partial charge on any atom is 0.106 e. The average molecular weight is 300 g/mol. The molecule has 0 aromatic heterocycles. The van der Waals surface area contributed by atoms with Crippen LogP contribution in [-0.2, 0) is 16.8 Å². The van der Waals surface area contributed by atoms with Gasteiger partial charge in [0.1, 0.15) is 5.60 Å². The zero-order valence-corrected chi connectivity index (χ0v) is 11.4. The second kappa shape index (κ2) is 5.48. The van der Waals surface area contributed by atoms with Crippen molar-refractivity contribution in [1.29, 1.82) is 0 Å². The second-order valence-electron chi connectivity index (χ2n) is 4.39. The van der Waals surface area contributed by atoms with E-state index in [1.165, 1.54) is 11.1 Å². The van der Waals surface area contributed by atoms with Gasteiger partial charge in [-0.15, -0.1) is 0 Å². The Labute approximate surface area is 110 Å². The second-order valence-corrected chi connectivity index (χ2v) is 5.24. The fraction of sp³-hybridized carbons (Fsp3) is 0.538. The molecule has 0 saturated heterocycles. The molecule has 0 heterocycles. The molecule has 0 bridgehead atoms. The van der Waals surface area contributed by atoms with E-state index in [0.717, 1.165) is 17.3 Å². The lowest BCUT2D eigenvalue weighted by atomic mass is 9.96. The van der Waals surface area contributed by atoms with Crippen LogP contribution in [0.5, 0.6) is 0 Å². The molecule has 1 aromatic carbocycles. The lowest BCUT2D eigenvalue weighted by Crippen LogP contribution is -2.36. The smallest absolute Gasteiger partial charge is 0.106 e. The molecule has 3 N–H and O–H groups in total. The molecule has 4 heteroatoms. The molecule has 0 spiro atoms. The van der Waals surface area contributed by atoms with E-state index in [1.54, 1.807) is 0 Å². The third kappa shape index (κ3) is 2.40. The summed E-state index contributed by atoms with van der Waals surface area (Å²) < 4.78 is 7.09. The minimum absolute atomic E-state index is 0.159. The summed E-state index contributed by atoms with van der Waals surface area (Å²) in [7, 11) is 0. The lowest BCUT2D eigenvalue weighted by Gasteiger charge is -2.29. The van der Waals surface area contributed by atoms with Crippen LogP contribution in [0.4, 0.5) is 0 Å².